The van der Waals surface area contributed by atoms with E-state index in [1.54, 1.807) is 0 Å². The summed E-state index contributed by atoms with van der Waals surface area (Å²) < 4.78 is 11.8. The highest BCUT2D eigenvalue weighted by Gasteiger charge is 2.23. The Kier molecular flexibility index (Phi) is 3.61. The molecule has 0 saturated heterocycles. The van der Waals surface area contributed by atoms with Crippen LogP contribution in [-0.2, 0) is 13.0 Å². The molecule has 104 valence electrons. The molecular weight excluding hydrogens is 250 g/mol. The van der Waals surface area contributed by atoms with Crippen molar-refractivity contribution in [3.63, 3.8) is 0 Å². The molecule has 0 aliphatic carbocycles. The molecule has 1 aliphatic rings. The quantitative estimate of drug-likeness (QED) is 0.928. The number of benzene rings is 2. The molecule has 3 rings (SSSR count). The minimum absolute atomic E-state index is 0.0827. The van der Waals surface area contributed by atoms with Gasteiger partial charge in [-0.15, -0.1) is 0 Å². The molecular formula is C17H19NO2. The van der Waals surface area contributed by atoms with Crippen LogP contribution in [0.15, 0.2) is 42.5 Å². The van der Waals surface area contributed by atoms with Gasteiger partial charge >= 0.3 is 0 Å². The largest absolute Gasteiger partial charge is 0.489 e. The van der Waals surface area contributed by atoms with Crippen molar-refractivity contribution in [3.05, 3.63) is 59.2 Å². The Morgan fingerprint density at radius 1 is 1.25 bits per heavy atom. The molecule has 0 fully saturated rings. The molecule has 1 aliphatic heterocycles. The lowest BCUT2D eigenvalue weighted by Crippen LogP contribution is -2.22. The van der Waals surface area contributed by atoms with Gasteiger partial charge in [0.1, 0.15) is 24.2 Å². The molecule has 0 bridgehead atoms. The van der Waals surface area contributed by atoms with Crippen LogP contribution < -0.4 is 15.2 Å². The standard InChI is InChI=1S/C17H19NO2/c1-12-6-7-16(14(8-12)10-18)19-11-15-9-13-4-2-3-5-17(13)20-15/h2-8,15H,9-11,18H2,1H3. The number of hydrogen-bond acceptors (Lipinski definition) is 3. The van der Waals surface area contributed by atoms with Crippen molar-refractivity contribution >= 4 is 0 Å². The zero-order valence-electron chi connectivity index (χ0n) is 11.6. The van der Waals surface area contributed by atoms with Gasteiger partial charge in [-0.05, 0) is 24.6 Å². The first-order valence-electron chi connectivity index (χ1n) is 6.93. The Morgan fingerprint density at radius 2 is 2.10 bits per heavy atom. The Balaban J connectivity index is 1.64. The highest BCUT2D eigenvalue weighted by Crippen LogP contribution is 2.29. The molecule has 1 heterocycles. The number of hydrogen-bond donors (Lipinski definition) is 1. The Hall–Kier alpha value is -2.00. The Labute approximate surface area is 119 Å². The highest BCUT2D eigenvalue weighted by molar-refractivity contribution is 5.38. The van der Waals surface area contributed by atoms with E-state index in [2.05, 4.69) is 19.1 Å². The number of ether oxygens (including phenoxy) is 2. The van der Waals surface area contributed by atoms with Gasteiger partial charge in [0, 0.05) is 18.5 Å². The SMILES string of the molecule is Cc1ccc(OCC2Cc3ccccc3O2)c(CN)c1. The van der Waals surface area contributed by atoms with Gasteiger partial charge in [0.2, 0.25) is 0 Å². The smallest absolute Gasteiger partial charge is 0.137 e. The van der Waals surface area contributed by atoms with E-state index < -0.39 is 0 Å². The minimum Gasteiger partial charge on any atom is -0.489 e. The molecule has 3 nitrogen and oxygen atoms in total. The second-order valence-corrected chi connectivity index (χ2v) is 5.18. The Morgan fingerprint density at radius 3 is 2.90 bits per heavy atom. The number of rotatable bonds is 4. The highest BCUT2D eigenvalue weighted by atomic mass is 16.5. The summed E-state index contributed by atoms with van der Waals surface area (Å²) in [5.74, 6) is 1.83. The molecule has 0 spiro atoms. The number of nitrogens with two attached hydrogens (primary N) is 1. The lowest BCUT2D eigenvalue weighted by molar-refractivity contribution is 0.148. The van der Waals surface area contributed by atoms with E-state index in [0.717, 1.165) is 23.5 Å². The lowest BCUT2D eigenvalue weighted by atomic mass is 10.1. The van der Waals surface area contributed by atoms with Crippen molar-refractivity contribution in [3.8, 4) is 11.5 Å². The molecule has 1 atom stereocenters. The first kappa shape index (κ1) is 13.0. The summed E-state index contributed by atoms with van der Waals surface area (Å²) in [5, 5.41) is 0. The van der Waals surface area contributed by atoms with Crippen LogP contribution in [0.5, 0.6) is 11.5 Å². The van der Waals surface area contributed by atoms with Crippen molar-refractivity contribution in [2.75, 3.05) is 6.61 Å². The van der Waals surface area contributed by atoms with Crippen LogP contribution in [-0.4, -0.2) is 12.7 Å². The van der Waals surface area contributed by atoms with Crippen LogP contribution in [0.25, 0.3) is 0 Å². The van der Waals surface area contributed by atoms with Gasteiger partial charge in [-0.2, -0.15) is 0 Å². The fourth-order valence-corrected chi connectivity index (χ4v) is 2.54. The molecule has 2 aromatic carbocycles. The first-order valence-corrected chi connectivity index (χ1v) is 6.93. The van der Waals surface area contributed by atoms with Crippen LogP contribution in [0, 0.1) is 6.92 Å². The summed E-state index contributed by atoms with van der Waals surface area (Å²) in [6, 6.07) is 14.2. The number of fused-ring (bicyclic) bond motifs is 1. The third-order valence-corrected chi connectivity index (χ3v) is 3.57. The van der Waals surface area contributed by atoms with Crippen LogP contribution in [0.3, 0.4) is 0 Å². The van der Waals surface area contributed by atoms with Crippen molar-refractivity contribution in [1.29, 1.82) is 0 Å². The van der Waals surface area contributed by atoms with Gasteiger partial charge < -0.3 is 15.2 Å². The van der Waals surface area contributed by atoms with Gasteiger partial charge in [-0.25, -0.2) is 0 Å². The maximum absolute atomic E-state index is 5.89. The lowest BCUT2D eigenvalue weighted by Gasteiger charge is -2.15. The molecule has 3 heteroatoms. The average Bonchev–Trinajstić information content (AvgIpc) is 2.88. The van der Waals surface area contributed by atoms with Crippen LogP contribution in [0.2, 0.25) is 0 Å². The maximum Gasteiger partial charge on any atom is 0.137 e. The molecule has 20 heavy (non-hydrogen) atoms. The van der Waals surface area contributed by atoms with E-state index in [-0.39, 0.29) is 6.10 Å². The fraction of sp³-hybridized carbons (Fsp3) is 0.294. The van der Waals surface area contributed by atoms with E-state index in [4.69, 9.17) is 15.2 Å². The first-order chi connectivity index (χ1) is 9.76. The third kappa shape index (κ3) is 2.63. The number of aryl methyl sites for hydroxylation is 1. The Bertz CT molecular complexity index is 585. The van der Waals surface area contributed by atoms with Crippen molar-refractivity contribution < 1.29 is 9.47 Å². The fourth-order valence-electron chi connectivity index (χ4n) is 2.54. The van der Waals surface area contributed by atoms with Crippen LogP contribution in [0.1, 0.15) is 16.7 Å². The topological polar surface area (TPSA) is 44.5 Å². The maximum atomic E-state index is 5.89. The summed E-state index contributed by atoms with van der Waals surface area (Å²) in [6.45, 7) is 3.09. The van der Waals surface area contributed by atoms with E-state index in [1.807, 2.05) is 30.3 Å². The summed E-state index contributed by atoms with van der Waals surface area (Å²) >= 11 is 0. The normalized spacial score (nSPS) is 16.6. The summed E-state index contributed by atoms with van der Waals surface area (Å²) in [5.41, 5.74) is 9.25. The van der Waals surface area contributed by atoms with Gasteiger partial charge in [0.15, 0.2) is 0 Å². The monoisotopic (exact) mass is 269 g/mol. The predicted octanol–water partition coefficient (Wildman–Crippen LogP) is 2.84. The van der Waals surface area contributed by atoms with Crippen molar-refractivity contribution in [2.45, 2.75) is 26.0 Å². The summed E-state index contributed by atoms with van der Waals surface area (Å²) in [6.07, 6.45) is 0.985. The molecule has 0 radical (unpaired) electrons. The molecule has 1 unspecified atom stereocenters. The zero-order valence-corrected chi connectivity index (χ0v) is 11.6. The van der Waals surface area contributed by atoms with Crippen LogP contribution >= 0.6 is 0 Å². The van der Waals surface area contributed by atoms with E-state index >= 15 is 0 Å². The second kappa shape index (κ2) is 5.55. The third-order valence-electron chi connectivity index (χ3n) is 3.57. The van der Waals surface area contributed by atoms with E-state index in [9.17, 15) is 0 Å². The zero-order chi connectivity index (χ0) is 13.9. The van der Waals surface area contributed by atoms with E-state index in [1.165, 1.54) is 11.1 Å². The van der Waals surface area contributed by atoms with Gasteiger partial charge in [0.25, 0.3) is 0 Å². The van der Waals surface area contributed by atoms with Crippen LogP contribution in [0.4, 0.5) is 0 Å². The minimum atomic E-state index is 0.0827. The molecule has 0 aromatic heterocycles. The van der Waals surface area contributed by atoms with Gasteiger partial charge in [0.05, 0.1) is 0 Å². The average molecular weight is 269 g/mol. The summed E-state index contributed by atoms with van der Waals surface area (Å²) in [4.78, 5) is 0. The summed E-state index contributed by atoms with van der Waals surface area (Å²) in [7, 11) is 0. The van der Waals surface area contributed by atoms with Gasteiger partial charge in [-0.3, -0.25) is 0 Å². The predicted molar refractivity (Wildman–Crippen MR) is 79.1 cm³/mol. The number of para-hydroxylation sites is 1. The van der Waals surface area contributed by atoms with E-state index in [0.29, 0.717) is 13.2 Å². The molecule has 0 amide bonds. The van der Waals surface area contributed by atoms with Gasteiger partial charge in [-0.1, -0.05) is 35.9 Å². The molecule has 0 saturated carbocycles. The van der Waals surface area contributed by atoms with Crippen molar-refractivity contribution in [1.82, 2.24) is 0 Å². The molecule has 2 aromatic rings. The second-order valence-electron chi connectivity index (χ2n) is 5.18. The molecule has 2 N–H and O–H groups in total. The van der Waals surface area contributed by atoms with Crippen molar-refractivity contribution in [2.24, 2.45) is 5.73 Å².